The summed E-state index contributed by atoms with van der Waals surface area (Å²) in [6, 6.07) is 6.55. The Balaban J connectivity index is 2.04. The molecule has 0 saturated carbocycles. The van der Waals surface area contributed by atoms with Gasteiger partial charge in [-0.05, 0) is 38.3 Å². The molecule has 1 aliphatic rings. The molecule has 21 heavy (non-hydrogen) atoms. The van der Waals surface area contributed by atoms with Gasteiger partial charge in [-0.1, -0.05) is 29.3 Å². The summed E-state index contributed by atoms with van der Waals surface area (Å²) >= 11 is 6.33. The van der Waals surface area contributed by atoms with Crippen LogP contribution in [0.3, 0.4) is 0 Å². The highest BCUT2D eigenvalue weighted by Gasteiger charge is 2.21. The molecule has 110 valence electrons. The Morgan fingerprint density at radius 2 is 2.24 bits per heavy atom. The van der Waals surface area contributed by atoms with Gasteiger partial charge in [0.1, 0.15) is 5.02 Å². The monoisotopic (exact) mass is 302 g/mol. The fourth-order valence-corrected chi connectivity index (χ4v) is 2.93. The average molecular weight is 303 g/mol. The molecule has 0 amide bonds. The number of halogens is 1. The quantitative estimate of drug-likeness (QED) is 0.932. The second-order valence-electron chi connectivity index (χ2n) is 5.28. The number of fused-ring (bicyclic) bond motifs is 1. The van der Waals surface area contributed by atoms with Crippen molar-refractivity contribution < 1.29 is 0 Å². The topological polar surface area (TPSA) is 41.1 Å². The van der Waals surface area contributed by atoms with E-state index in [1.807, 2.05) is 6.92 Å². The summed E-state index contributed by atoms with van der Waals surface area (Å²) in [5, 5.41) is 3.73. The number of benzene rings is 1. The molecular weight excluding hydrogens is 284 g/mol. The van der Waals surface area contributed by atoms with Gasteiger partial charge in [0, 0.05) is 18.8 Å². The molecule has 0 aliphatic carbocycles. The highest BCUT2D eigenvalue weighted by atomic mass is 35.5. The third kappa shape index (κ3) is 2.81. The fourth-order valence-electron chi connectivity index (χ4n) is 2.74. The molecule has 0 bridgehead atoms. The second-order valence-corrected chi connectivity index (χ2v) is 5.69. The molecule has 4 nitrogen and oxygen atoms in total. The Morgan fingerprint density at radius 3 is 3.05 bits per heavy atom. The van der Waals surface area contributed by atoms with Crippen LogP contribution in [-0.2, 0) is 6.42 Å². The van der Waals surface area contributed by atoms with E-state index >= 15 is 0 Å². The van der Waals surface area contributed by atoms with E-state index in [-0.39, 0.29) is 0 Å². The number of aromatic nitrogens is 2. The number of nitrogens with zero attached hydrogens (tertiary/aromatic N) is 3. The molecule has 1 N–H and O–H groups in total. The highest BCUT2D eigenvalue weighted by molar-refractivity contribution is 6.33. The lowest BCUT2D eigenvalue weighted by Gasteiger charge is -2.31. The summed E-state index contributed by atoms with van der Waals surface area (Å²) < 4.78 is 0. The number of nitrogens with one attached hydrogen (secondary N) is 1. The van der Waals surface area contributed by atoms with Crippen molar-refractivity contribution in [1.82, 2.24) is 9.97 Å². The lowest BCUT2D eigenvalue weighted by atomic mass is 9.99. The van der Waals surface area contributed by atoms with Crippen molar-refractivity contribution in [2.45, 2.75) is 26.7 Å². The van der Waals surface area contributed by atoms with E-state index in [1.54, 1.807) is 6.20 Å². The van der Waals surface area contributed by atoms with Crippen LogP contribution in [0.5, 0.6) is 0 Å². The first-order chi connectivity index (χ1) is 10.2. The summed E-state index contributed by atoms with van der Waals surface area (Å²) in [4.78, 5) is 11.0. The number of rotatable bonds is 3. The van der Waals surface area contributed by atoms with Gasteiger partial charge in [0.15, 0.2) is 5.82 Å². The molecule has 2 heterocycles. The van der Waals surface area contributed by atoms with Crippen LogP contribution in [0.2, 0.25) is 5.02 Å². The van der Waals surface area contributed by atoms with Crippen molar-refractivity contribution in [3.63, 3.8) is 0 Å². The molecule has 0 radical (unpaired) electrons. The van der Waals surface area contributed by atoms with Gasteiger partial charge in [0.05, 0.1) is 6.20 Å². The highest BCUT2D eigenvalue weighted by Crippen LogP contribution is 2.36. The van der Waals surface area contributed by atoms with Gasteiger partial charge in [-0.15, -0.1) is 0 Å². The van der Waals surface area contributed by atoms with E-state index in [0.717, 1.165) is 31.7 Å². The number of hydrogen-bond acceptors (Lipinski definition) is 4. The van der Waals surface area contributed by atoms with Gasteiger partial charge in [-0.25, -0.2) is 4.98 Å². The largest absolute Gasteiger partial charge is 0.354 e. The zero-order valence-electron chi connectivity index (χ0n) is 12.4. The van der Waals surface area contributed by atoms with E-state index in [2.05, 4.69) is 45.3 Å². The molecule has 5 heteroatoms. The minimum absolute atomic E-state index is 0.588. The van der Waals surface area contributed by atoms with E-state index < -0.39 is 0 Å². The van der Waals surface area contributed by atoms with E-state index in [4.69, 9.17) is 11.6 Å². The standard InChI is InChI=1S/C16H19ClN4/c1-3-18-16-19-10-13(17)15(20-16)21-8-4-5-12-9-11(2)6-7-14(12)21/h6-7,9-10H,3-5,8H2,1-2H3,(H,18,19,20). The summed E-state index contributed by atoms with van der Waals surface area (Å²) in [5.41, 5.74) is 3.86. The third-order valence-corrected chi connectivity index (χ3v) is 3.94. The molecular formula is C16H19ClN4. The van der Waals surface area contributed by atoms with Gasteiger partial charge >= 0.3 is 0 Å². The Morgan fingerprint density at radius 1 is 1.38 bits per heavy atom. The first-order valence-electron chi connectivity index (χ1n) is 7.32. The van der Waals surface area contributed by atoms with Crippen LogP contribution in [-0.4, -0.2) is 23.1 Å². The van der Waals surface area contributed by atoms with Crippen molar-refractivity contribution in [2.75, 3.05) is 23.3 Å². The SMILES string of the molecule is CCNc1ncc(Cl)c(N2CCCc3cc(C)ccc32)n1. The first-order valence-corrected chi connectivity index (χ1v) is 7.70. The third-order valence-electron chi connectivity index (χ3n) is 3.67. The maximum atomic E-state index is 6.33. The molecule has 0 unspecified atom stereocenters. The number of hydrogen-bond donors (Lipinski definition) is 1. The van der Waals surface area contributed by atoms with Crippen LogP contribution in [0.25, 0.3) is 0 Å². The number of anilines is 3. The lowest BCUT2D eigenvalue weighted by molar-refractivity contribution is 0.758. The molecule has 3 rings (SSSR count). The average Bonchev–Trinajstić information content (AvgIpc) is 2.48. The molecule has 2 aromatic rings. The zero-order chi connectivity index (χ0) is 14.8. The Labute approximate surface area is 130 Å². The van der Waals surface area contributed by atoms with Crippen molar-refractivity contribution >= 4 is 29.1 Å². The fraction of sp³-hybridized carbons (Fsp3) is 0.375. The molecule has 1 aliphatic heterocycles. The van der Waals surface area contributed by atoms with E-state index in [0.29, 0.717) is 11.0 Å². The molecule has 1 aromatic carbocycles. The normalized spacial score (nSPS) is 14.0. The van der Waals surface area contributed by atoms with Crippen LogP contribution in [0.1, 0.15) is 24.5 Å². The predicted octanol–water partition coefficient (Wildman–Crippen LogP) is 3.95. The lowest BCUT2D eigenvalue weighted by Crippen LogP contribution is -2.26. The molecule has 0 spiro atoms. The van der Waals surface area contributed by atoms with Crippen LogP contribution in [0, 0.1) is 6.92 Å². The Hall–Kier alpha value is -1.81. The maximum Gasteiger partial charge on any atom is 0.224 e. The van der Waals surface area contributed by atoms with Gasteiger partial charge in [0.2, 0.25) is 5.95 Å². The molecule has 0 fully saturated rings. The number of aryl methyl sites for hydroxylation is 2. The summed E-state index contributed by atoms with van der Waals surface area (Å²) in [6.07, 6.45) is 3.88. The van der Waals surface area contributed by atoms with Crippen molar-refractivity contribution in [1.29, 1.82) is 0 Å². The van der Waals surface area contributed by atoms with Crippen LogP contribution in [0.4, 0.5) is 17.5 Å². The van der Waals surface area contributed by atoms with E-state index in [1.165, 1.54) is 16.8 Å². The Kier molecular flexibility index (Phi) is 3.97. The summed E-state index contributed by atoms with van der Waals surface area (Å²) in [7, 11) is 0. The van der Waals surface area contributed by atoms with Gasteiger partial charge in [-0.3, -0.25) is 0 Å². The van der Waals surface area contributed by atoms with Crippen LogP contribution >= 0.6 is 11.6 Å². The van der Waals surface area contributed by atoms with Crippen LogP contribution < -0.4 is 10.2 Å². The minimum Gasteiger partial charge on any atom is -0.354 e. The molecule has 1 aromatic heterocycles. The summed E-state index contributed by atoms with van der Waals surface area (Å²) in [6.45, 7) is 5.87. The van der Waals surface area contributed by atoms with Gasteiger partial charge < -0.3 is 10.2 Å². The minimum atomic E-state index is 0.588. The zero-order valence-corrected chi connectivity index (χ0v) is 13.1. The maximum absolute atomic E-state index is 6.33. The van der Waals surface area contributed by atoms with Crippen LogP contribution in [0.15, 0.2) is 24.4 Å². The first kappa shape index (κ1) is 14.1. The van der Waals surface area contributed by atoms with Crippen molar-refractivity contribution in [3.05, 3.63) is 40.5 Å². The van der Waals surface area contributed by atoms with Crippen molar-refractivity contribution in [2.24, 2.45) is 0 Å². The molecule has 0 saturated heterocycles. The van der Waals surface area contributed by atoms with Crippen molar-refractivity contribution in [3.8, 4) is 0 Å². The summed E-state index contributed by atoms with van der Waals surface area (Å²) in [5.74, 6) is 1.41. The van der Waals surface area contributed by atoms with Gasteiger partial charge in [0.25, 0.3) is 0 Å². The smallest absolute Gasteiger partial charge is 0.224 e. The predicted molar refractivity (Wildman–Crippen MR) is 87.7 cm³/mol. The van der Waals surface area contributed by atoms with E-state index in [9.17, 15) is 0 Å². The molecule has 0 atom stereocenters. The second kappa shape index (κ2) is 5.90. The Bertz CT molecular complexity index is 657. The van der Waals surface area contributed by atoms with Gasteiger partial charge in [-0.2, -0.15) is 4.98 Å².